The van der Waals surface area contributed by atoms with Gasteiger partial charge in [-0.25, -0.2) is 9.78 Å². The second-order valence-electron chi connectivity index (χ2n) is 3.80. The molecule has 2 heterocycles. The first-order valence-electron chi connectivity index (χ1n) is 5.44. The van der Waals surface area contributed by atoms with Crippen LogP contribution in [0, 0.1) is 0 Å². The molecule has 9 heteroatoms. The molecule has 0 amide bonds. The topological polar surface area (TPSA) is 147 Å². The summed E-state index contributed by atoms with van der Waals surface area (Å²) in [6, 6.07) is 1.01. The second kappa shape index (κ2) is 5.34. The Morgan fingerprint density at radius 1 is 1.30 bits per heavy atom. The van der Waals surface area contributed by atoms with Crippen LogP contribution in [0.3, 0.4) is 0 Å². The van der Waals surface area contributed by atoms with E-state index in [2.05, 4.69) is 15.1 Å². The molecule has 2 rings (SSSR count). The minimum atomic E-state index is -1.23. The molecule has 0 aromatic carbocycles. The van der Waals surface area contributed by atoms with Gasteiger partial charge in [0.15, 0.2) is 5.69 Å². The minimum absolute atomic E-state index is 0.0414. The highest BCUT2D eigenvalue weighted by Crippen LogP contribution is 2.25. The molecule has 0 fully saturated rings. The lowest BCUT2D eigenvalue weighted by atomic mass is 10.2. The average Bonchev–Trinajstić information content (AvgIpc) is 2.84. The molecule has 3 N–H and O–H groups in total. The molecular weight excluding hydrogens is 270 g/mol. The first-order chi connectivity index (χ1) is 9.47. The van der Waals surface area contributed by atoms with Gasteiger partial charge in [0.1, 0.15) is 5.75 Å². The van der Waals surface area contributed by atoms with Crippen LogP contribution < -0.4 is 0 Å². The van der Waals surface area contributed by atoms with Gasteiger partial charge in [-0.1, -0.05) is 5.16 Å². The predicted octanol–water partition coefficient (Wildman–Crippen LogP) is 0.553. The van der Waals surface area contributed by atoms with Crippen LogP contribution in [0.2, 0.25) is 0 Å². The van der Waals surface area contributed by atoms with Crippen molar-refractivity contribution in [3.63, 3.8) is 0 Å². The Kier molecular flexibility index (Phi) is 3.60. The van der Waals surface area contributed by atoms with Crippen LogP contribution in [0.1, 0.15) is 22.7 Å². The highest BCUT2D eigenvalue weighted by atomic mass is 16.5. The van der Waals surface area contributed by atoms with Crippen LogP contribution in [0.5, 0.6) is 5.75 Å². The molecule has 0 aliphatic heterocycles. The normalized spacial score (nSPS) is 10.4. The van der Waals surface area contributed by atoms with Gasteiger partial charge >= 0.3 is 11.9 Å². The molecular formula is C11H9N3O6. The van der Waals surface area contributed by atoms with Crippen molar-refractivity contribution in [3.8, 4) is 17.3 Å². The van der Waals surface area contributed by atoms with E-state index in [0.717, 1.165) is 12.3 Å². The maximum atomic E-state index is 10.7. The zero-order chi connectivity index (χ0) is 14.7. The molecule has 0 aliphatic carbocycles. The molecule has 0 saturated heterocycles. The molecule has 2 aromatic heterocycles. The van der Waals surface area contributed by atoms with Gasteiger partial charge in [0.2, 0.25) is 11.7 Å². The largest absolute Gasteiger partial charge is 0.506 e. The predicted molar refractivity (Wildman–Crippen MR) is 62.1 cm³/mol. The molecule has 0 atom stereocenters. The number of nitrogens with zero attached hydrogens (tertiary/aromatic N) is 3. The fourth-order valence-electron chi connectivity index (χ4n) is 1.41. The molecule has 2 aromatic rings. The maximum absolute atomic E-state index is 10.7. The molecule has 0 spiro atoms. The van der Waals surface area contributed by atoms with Crippen molar-refractivity contribution in [1.82, 2.24) is 15.1 Å². The van der Waals surface area contributed by atoms with Gasteiger partial charge in [-0.3, -0.25) is 4.79 Å². The maximum Gasteiger partial charge on any atom is 0.337 e. The van der Waals surface area contributed by atoms with Gasteiger partial charge in [0, 0.05) is 12.6 Å². The number of aromatic carboxylic acids is 1. The minimum Gasteiger partial charge on any atom is -0.506 e. The number of carboxylic acids is 2. The summed E-state index contributed by atoms with van der Waals surface area (Å²) in [7, 11) is 0. The van der Waals surface area contributed by atoms with E-state index in [-0.39, 0.29) is 35.8 Å². The van der Waals surface area contributed by atoms with Crippen LogP contribution in [0.25, 0.3) is 11.5 Å². The number of carbonyl (C=O) groups is 2. The molecule has 9 nitrogen and oxygen atoms in total. The van der Waals surface area contributed by atoms with Gasteiger partial charge < -0.3 is 19.8 Å². The number of hydrogen-bond acceptors (Lipinski definition) is 7. The Hall–Kier alpha value is -2.97. The Labute approximate surface area is 111 Å². The molecule has 104 valence electrons. The van der Waals surface area contributed by atoms with Gasteiger partial charge in [0.25, 0.3) is 0 Å². The lowest BCUT2D eigenvalue weighted by Crippen LogP contribution is -1.99. The van der Waals surface area contributed by atoms with Gasteiger partial charge in [0.05, 0.1) is 12.0 Å². The standard InChI is InChI=1S/C11H9N3O6/c15-6-3-5(11(18)19)4-12-9(6)10-13-7(20-14-10)1-2-8(16)17/h3-4,15H,1-2H2,(H,16,17)(H,18,19). The fourth-order valence-corrected chi connectivity index (χ4v) is 1.41. The molecule has 0 unspecified atom stereocenters. The number of aromatic hydroxyl groups is 1. The molecule has 0 bridgehead atoms. The molecule has 20 heavy (non-hydrogen) atoms. The summed E-state index contributed by atoms with van der Waals surface area (Å²) in [5.41, 5.74) is -0.221. The van der Waals surface area contributed by atoms with E-state index in [1.807, 2.05) is 0 Å². The van der Waals surface area contributed by atoms with Crippen molar-refractivity contribution in [2.45, 2.75) is 12.8 Å². The van der Waals surface area contributed by atoms with Crippen molar-refractivity contribution < 1.29 is 29.4 Å². The quantitative estimate of drug-likeness (QED) is 0.713. The van der Waals surface area contributed by atoms with E-state index in [1.165, 1.54) is 0 Å². The zero-order valence-corrected chi connectivity index (χ0v) is 9.98. The van der Waals surface area contributed by atoms with Crippen molar-refractivity contribution in [2.75, 3.05) is 0 Å². The lowest BCUT2D eigenvalue weighted by Gasteiger charge is -1.99. The number of aryl methyl sites for hydroxylation is 1. The Morgan fingerprint density at radius 2 is 2.05 bits per heavy atom. The highest BCUT2D eigenvalue weighted by Gasteiger charge is 2.16. The number of carboxylic acid groups (broad SMARTS) is 2. The van der Waals surface area contributed by atoms with Crippen LogP contribution in [0.15, 0.2) is 16.8 Å². The van der Waals surface area contributed by atoms with Crippen molar-refractivity contribution in [2.24, 2.45) is 0 Å². The van der Waals surface area contributed by atoms with Crippen molar-refractivity contribution >= 4 is 11.9 Å². The molecule has 0 saturated carbocycles. The summed E-state index contributed by atoms with van der Waals surface area (Å²) < 4.78 is 4.81. The monoisotopic (exact) mass is 279 g/mol. The number of hydrogen-bond donors (Lipinski definition) is 3. The van der Waals surface area contributed by atoms with Crippen molar-refractivity contribution in [3.05, 3.63) is 23.7 Å². The summed E-state index contributed by atoms with van der Waals surface area (Å²) in [5.74, 6) is -2.59. The third-order valence-electron chi connectivity index (χ3n) is 2.35. The van der Waals surface area contributed by atoms with Gasteiger partial charge in [-0.05, 0) is 6.07 Å². The number of aliphatic carboxylic acids is 1. The Morgan fingerprint density at radius 3 is 2.65 bits per heavy atom. The van der Waals surface area contributed by atoms with Crippen LogP contribution in [-0.4, -0.2) is 42.4 Å². The van der Waals surface area contributed by atoms with E-state index in [9.17, 15) is 14.7 Å². The first-order valence-corrected chi connectivity index (χ1v) is 5.44. The summed E-state index contributed by atoms with van der Waals surface area (Å²) in [4.78, 5) is 28.7. The smallest absolute Gasteiger partial charge is 0.337 e. The summed E-state index contributed by atoms with van der Waals surface area (Å²) >= 11 is 0. The van der Waals surface area contributed by atoms with E-state index in [1.54, 1.807) is 0 Å². The number of pyridine rings is 1. The van der Waals surface area contributed by atoms with E-state index < -0.39 is 17.7 Å². The number of aromatic nitrogens is 3. The average molecular weight is 279 g/mol. The van der Waals surface area contributed by atoms with E-state index in [0.29, 0.717) is 0 Å². The van der Waals surface area contributed by atoms with E-state index in [4.69, 9.17) is 14.7 Å². The summed E-state index contributed by atoms with van der Waals surface area (Å²) in [6.07, 6.45) is 0.931. The lowest BCUT2D eigenvalue weighted by molar-refractivity contribution is -0.137. The third-order valence-corrected chi connectivity index (χ3v) is 2.35. The fraction of sp³-hybridized carbons (Fsp3) is 0.182. The van der Waals surface area contributed by atoms with Gasteiger partial charge in [-0.15, -0.1) is 0 Å². The summed E-state index contributed by atoms with van der Waals surface area (Å²) in [6.45, 7) is 0. The molecule has 0 radical (unpaired) electrons. The third kappa shape index (κ3) is 2.88. The molecule has 0 aliphatic rings. The van der Waals surface area contributed by atoms with Gasteiger partial charge in [-0.2, -0.15) is 4.98 Å². The SMILES string of the molecule is O=C(O)CCc1nc(-c2ncc(C(=O)O)cc2O)no1. The summed E-state index contributed by atoms with van der Waals surface area (Å²) in [5, 5.41) is 30.5. The first kappa shape index (κ1) is 13.5. The van der Waals surface area contributed by atoms with Crippen LogP contribution >= 0.6 is 0 Å². The van der Waals surface area contributed by atoms with Crippen LogP contribution in [-0.2, 0) is 11.2 Å². The van der Waals surface area contributed by atoms with Crippen LogP contribution in [0.4, 0.5) is 0 Å². The van der Waals surface area contributed by atoms with E-state index >= 15 is 0 Å². The Balaban J connectivity index is 2.23. The zero-order valence-electron chi connectivity index (χ0n) is 9.98. The Bertz CT molecular complexity index is 666. The van der Waals surface area contributed by atoms with Crippen molar-refractivity contribution in [1.29, 1.82) is 0 Å². The highest BCUT2D eigenvalue weighted by molar-refractivity contribution is 5.88. The number of rotatable bonds is 5. The second-order valence-corrected chi connectivity index (χ2v) is 3.80.